The molecule has 1 saturated heterocycles. The second-order valence-electron chi connectivity index (χ2n) is 6.33. The van der Waals surface area contributed by atoms with E-state index in [0.29, 0.717) is 19.6 Å². The summed E-state index contributed by atoms with van der Waals surface area (Å²) in [6.45, 7) is 1.69. The van der Waals surface area contributed by atoms with E-state index in [-0.39, 0.29) is 17.5 Å². The van der Waals surface area contributed by atoms with Crippen molar-refractivity contribution < 1.29 is 14.0 Å². The summed E-state index contributed by atoms with van der Waals surface area (Å²) in [6, 6.07) is 9.27. The summed E-state index contributed by atoms with van der Waals surface area (Å²) in [5.41, 5.74) is 1.06. The lowest BCUT2D eigenvalue weighted by molar-refractivity contribution is -0.124. The molecule has 1 aliphatic heterocycles. The zero-order valence-corrected chi connectivity index (χ0v) is 14.5. The highest BCUT2D eigenvalue weighted by molar-refractivity contribution is 5.95. The van der Waals surface area contributed by atoms with Gasteiger partial charge in [-0.25, -0.2) is 4.39 Å². The van der Waals surface area contributed by atoms with E-state index in [9.17, 15) is 14.0 Å². The summed E-state index contributed by atoms with van der Waals surface area (Å²) in [4.78, 5) is 30.8. The quantitative estimate of drug-likeness (QED) is 0.844. The fourth-order valence-corrected chi connectivity index (χ4v) is 3.25. The minimum Gasteiger partial charge on any atom is -0.359 e. The molecule has 2 N–H and O–H groups in total. The summed E-state index contributed by atoms with van der Waals surface area (Å²) in [5, 5.41) is 5.47. The van der Waals surface area contributed by atoms with Crippen molar-refractivity contribution >= 4 is 11.8 Å². The molecule has 1 aliphatic rings. The molecular weight excluding hydrogens is 335 g/mol. The third-order valence-corrected chi connectivity index (χ3v) is 4.57. The summed E-state index contributed by atoms with van der Waals surface area (Å²) >= 11 is 0. The van der Waals surface area contributed by atoms with Gasteiger partial charge in [0.1, 0.15) is 5.82 Å². The number of hydrogen-bond donors (Lipinski definition) is 2. The molecule has 136 valence electrons. The molecule has 0 radical (unpaired) electrons. The minimum absolute atomic E-state index is 0.0178. The van der Waals surface area contributed by atoms with Crippen molar-refractivity contribution in [1.29, 1.82) is 0 Å². The Labute approximate surface area is 151 Å². The number of nitrogens with one attached hydrogen (secondary N) is 2. The molecule has 1 fully saturated rings. The number of aromatic nitrogens is 1. The fourth-order valence-electron chi connectivity index (χ4n) is 3.25. The van der Waals surface area contributed by atoms with E-state index < -0.39 is 17.6 Å². The SMILES string of the molecule is CNC(=O)[C@H]1CN(Cc2ccncc2)C[C@@H]1NC(=O)c1ccccc1F. The molecule has 0 aliphatic carbocycles. The van der Waals surface area contributed by atoms with Crippen LogP contribution in [0.15, 0.2) is 48.8 Å². The van der Waals surface area contributed by atoms with Gasteiger partial charge >= 0.3 is 0 Å². The van der Waals surface area contributed by atoms with Crippen molar-refractivity contribution in [3.8, 4) is 0 Å². The van der Waals surface area contributed by atoms with Gasteiger partial charge in [-0.15, -0.1) is 0 Å². The monoisotopic (exact) mass is 356 g/mol. The number of amides is 2. The molecule has 2 amide bonds. The summed E-state index contributed by atoms with van der Waals surface area (Å²) in [5.74, 6) is -1.61. The molecule has 3 rings (SSSR count). The van der Waals surface area contributed by atoms with Crippen LogP contribution in [0.4, 0.5) is 4.39 Å². The molecule has 0 spiro atoms. The average molecular weight is 356 g/mol. The van der Waals surface area contributed by atoms with Crippen LogP contribution in [0, 0.1) is 11.7 Å². The maximum Gasteiger partial charge on any atom is 0.254 e. The summed E-state index contributed by atoms with van der Waals surface area (Å²) < 4.78 is 13.8. The van der Waals surface area contributed by atoms with Gasteiger partial charge in [-0.3, -0.25) is 19.5 Å². The number of benzene rings is 1. The van der Waals surface area contributed by atoms with Crippen LogP contribution in [0.25, 0.3) is 0 Å². The predicted octanol–water partition coefficient (Wildman–Crippen LogP) is 1.20. The second-order valence-corrected chi connectivity index (χ2v) is 6.33. The van der Waals surface area contributed by atoms with Crippen LogP contribution in [0.5, 0.6) is 0 Å². The van der Waals surface area contributed by atoms with Gasteiger partial charge < -0.3 is 10.6 Å². The third kappa shape index (κ3) is 4.05. The number of carbonyl (C=O) groups is 2. The van der Waals surface area contributed by atoms with E-state index in [0.717, 1.165) is 5.56 Å². The van der Waals surface area contributed by atoms with Crippen LogP contribution in [-0.4, -0.2) is 47.9 Å². The van der Waals surface area contributed by atoms with Crippen LogP contribution in [-0.2, 0) is 11.3 Å². The molecule has 0 unspecified atom stereocenters. The second kappa shape index (κ2) is 8.05. The number of likely N-dealkylation sites (tertiary alicyclic amines) is 1. The average Bonchev–Trinajstić information content (AvgIpc) is 3.04. The number of carbonyl (C=O) groups excluding carboxylic acids is 2. The van der Waals surface area contributed by atoms with Crippen molar-refractivity contribution in [3.05, 3.63) is 65.7 Å². The highest BCUT2D eigenvalue weighted by Gasteiger charge is 2.38. The molecule has 6 nitrogen and oxygen atoms in total. The highest BCUT2D eigenvalue weighted by atomic mass is 19.1. The van der Waals surface area contributed by atoms with Gasteiger partial charge in [-0.05, 0) is 29.8 Å². The third-order valence-electron chi connectivity index (χ3n) is 4.57. The molecule has 0 saturated carbocycles. The van der Waals surface area contributed by atoms with Crippen LogP contribution in [0.2, 0.25) is 0 Å². The maximum absolute atomic E-state index is 13.8. The van der Waals surface area contributed by atoms with E-state index in [2.05, 4.69) is 20.5 Å². The van der Waals surface area contributed by atoms with E-state index in [1.807, 2.05) is 12.1 Å². The topological polar surface area (TPSA) is 74.3 Å². The normalized spacial score (nSPS) is 19.9. The summed E-state index contributed by atoms with van der Waals surface area (Å²) in [6.07, 6.45) is 3.44. The Morgan fingerprint density at radius 2 is 1.92 bits per heavy atom. The van der Waals surface area contributed by atoms with E-state index in [4.69, 9.17) is 0 Å². The number of rotatable bonds is 5. The largest absolute Gasteiger partial charge is 0.359 e. The molecular formula is C19H21FN4O2. The predicted molar refractivity (Wildman–Crippen MR) is 94.7 cm³/mol. The highest BCUT2D eigenvalue weighted by Crippen LogP contribution is 2.20. The minimum atomic E-state index is -0.576. The molecule has 2 aromatic rings. The first-order valence-corrected chi connectivity index (χ1v) is 8.46. The Bertz CT molecular complexity index is 784. The lowest BCUT2D eigenvalue weighted by atomic mass is 10.0. The zero-order chi connectivity index (χ0) is 18.5. The first-order chi connectivity index (χ1) is 12.6. The Hall–Kier alpha value is -2.80. The van der Waals surface area contributed by atoms with Crippen molar-refractivity contribution in [2.75, 3.05) is 20.1 Å². The zero-order valence-electron chi connectivity index (χ0n) is 14.5. The molecule has 2 heterocycles. The van der Waals surface area contributed by atoms with Crippen molar-refractivity contribution in [2.45, 2.75) is 12.6 Å². The number of halogens is 1. The van der Waals surface area contributed by atoms with Gasteiger partial charge in [0.15, 0.2) is 0 Å². The van der Waals surface area contributed by atoms with Crippen molar-refractivity contribution in [3.63, 3.8) is 0 Å². The molecule has 7 heteroatoms. The molecule has 0 bridgehead atoms. The fraction of sp³-hybridized carbons (Fsp3) is 0.316. The molecule has 2 atom stereocenters. The van der Waals surface area contributed by atoms with Crippen LogP contribution >= 0.6 is 0 Å². The summed E-state index contributed by atoms with van der Waals surface area (Å²) in [7, 11) is 1.57. The Kier molecular flexibility index (Phi) is 5.58. The van der Waals surface area contributed by atoms with E-state index >= 15 is 0 Å². The smallest absolute Gasteiger partial charge is 0.254 e. The van der Waals surface area contributed by atoms with Crippen LogP contribution in [0.3, 0.4) is 0 Å². The number of nitrogens with zero attached hydrogens (tertiary/aromatic N) is 2. The first-order valence-electron chi connectivity index (χ1n) is 8.46. The lowest BCUT2D eigenvalue weighted by Crippen LogP contribution is -2.45. The van der Waals surface area contributed by atoms with Gasteiger partial charge in [0.2, 0.25) is 5.91 Å². The molecule has 1 aromatic carbocycles. The van der Waals surface area contributed by atoms with Crippen LogP contribution in [0.1, 0.15) is 15.9 Å². The Morgan fingerprint density at radius 3 is 2.62 bits per heavy atom. The van der Waals surface area contributed by atoms with Gasteiger partial charge in [-0.1, -0.05) is 12.1 Å². The van der Waals surface area contributed by atoms with Gasteiger partial charge in [-0.2, -0.15) is 0 Å². The molecule has 26 heavy (non-hydrogen) atoms. The lowest BCUT2D eigenvalue weighted by Gasteiger charge is -2.19. The molecule has 1 aromatic heterocycles. The Morgan fingerprint density at radius 1 is 1.19 bits per heavy atom. The van der Waals surface area contributed by atoms with Crippen LogP contribution < -0.4 is 10.6 Å². The standard InChI is InChI=1S/C19H21FN4O2/c1-21-18(25)15-11-24(10-13-6-8-22-9-7-13)12-17(15)23-19(26)14-4-2-3-5-16(14)20/h2-9,15,17H,10-12H2,1H3,(H,21,25)(H,23,26)/t15-,17-/m0/s1. The van der Waals surface area contributed by atoms with Crippen molar-refractivity contribution in [2.24, 2.45) is 5.92 Å². The Balaban J connectivity index is 1.72. The van der Waals surface area contributed by atoms with Gasteiger partial charge in [0, 0.05) is 39.1 Å². The van der Waals surface area contributed by atoms with E-state index in [1.54, 1.807) is 25.5 Å². The van der Waals surface area contributed by atoms with E-state index in [1.165, 1.54) is 18.2 Å². The van der Waals surface area contributed by atoms with Gasteiger partial charge in [0.25, 0.3) is 5.91 Å². The first kappa shape index (κ1) is 18.0. The van der Waals surface area contributed by atoms with Crippen molar-refractivity contribution in [1.82, 2.24) is 20.5 Å². The van der Waals surface area contributed by atoms with Gasteiger partial charge in [0.05, 0.1) is 17.5 Å². The number of pyridine rings is 1. The maximum atomic E-state index is 13.8. The number of hydrogen-bond acceptors (Lipinski definition) is 4.